The average Bonchev–Trinajstić information content (AvgIpc) is 3.36. The first-order valence-corrected chi connectivity index (χ1v) is 14.9. The molecule has 226 valence electrons. The zero-order chi connectivity index (χ0) is 31.5. The lowest BCUT2D eigenvalue weighted by Crippen LogP contribution is -2.33. The molecule has 8 heteroatoms. The third-order valence-electron chi connectivity index (χ3n) is 9.92. The van der Waals surface area contributed by atoms with Gasteiger partial charge in [-0.15, -0.1) is 0 Å². The minimum Gasteiger partial charge on any atom is -0.504 e. The highest BCUT2D eigenvalue weighted by molar-refractivity contribution is 6.00. The highest BCUT2D eigenvalue weighted by atomic mass is 16.5. The number of aromatic hydroxyl groups is 3. The summed E-state index contributed by atoms with van der Waals surface area (Å²) in [4.78, 5) is 28.5. The molecule has 45 heavy (non-hydrogen) atoms. The van der Waals surface area contributed by atoms with Crippen molar-refractivity contribution in [1.82, 2.24) is 0 Å². The molecule has 4 aromatic carbocycles. The normalized spacial score (nSPS) is 20.4. The van der Waals surface area contributed by atoms with Gasteiger partial charge in [0.1, 0.15) is 11.2 Å². The number of rotatable bonds is 2. The summed E-state index contributed by atoms with van der Waals surface area (Å²) in [5, 5.41) is 35.6. The molecular formula is C37H30O8. The summed E-state index contributed by atoms with van der Waals surface area (Å²) in [6, 6.07) is 15.3. The van der Waals surface area contributed by atoms with Crippen molar-refractivity contribution < 1.29 is 28.9 Å². The fourth-order valence-electron chi connectivity index (χ4n) is 8.32. The quantitative estimate of drug-likeness (QED) is 0.105. The lowest BCUT2D eigenvalue weighted by atomic mass is 9.61. The van der Waals surface area contributed by atoms with Crippen molar-refractivity contribution in [3.05, 3.63) is 103 Å². The molecule has 3 atom stereocenters. The Hall–Kier alpha value is -5.24. The molecule has 2 aliphatic carbocycles. The number of phenolic OH excluding ortho intramolecular Hbond substituents is 3. The van der Waals surface area contributed by atoms with Crippen molar-refractivity contribution in [3.63, 3.8) is 0 Å². The fraction of sp³-hybridized carbons (Fsp3) is 0.243. The topological polar surface area (TPSA) is 130 Å². The van der Waals surface area contributed by atoms with Crippen LogP contribution in [0.3, 0.4) is 0 Å². The number of hydrogen-bond donors (Lipinski definition) is 3. The van der Waals surface area contributed by atoms with E-state index in [1.807, 2.05) is 6.92 Å². The maximum Gasteiger partial charge on any atom is 0.202 e. The second-order valence-electron chi connectivity index (χ2n) is 13.0. The van der Waals surface area contributed by atoms with Gasteiger partial charge in [-0.2, -0.15) is 0 Å². The molecule has 0 fully saturated rings. The van der Waals surface area contributed by atoms with Crippen LogP contribution in [0.25, 0.3) is 43.9 Å². The lowest BCUT2D eigenvalue weighted by Gasteiger charge is -2.43. The number of hydrogen-bond acceptors (Lipinski definition) is 8. The predicted molar refractivity (Wildman–Crippen MR) is 172 cm³/mol. The first-order chi connectivity index (χ1) is 21.5. The molecule has 8 nitrogen and oxygen atoms in total. The predicted octanol–water partition coefficient (Wildman–Crippen LogP) is 7.55. The van der Waals surface area contributed by atoms with Crippen LogP contribution in [-0.2, 0) is 0 Å². The van der Waals surface area contributed by atoms with E-state index in [-0.39, 0.29) is 56.1 Å². The zero-order valence-corrected chi connectivity index (χ0v) is 25.1. The van der Waals surface area contributed by atoms with Crippen LogP contribution < -0.4 is 15.6 Å². The van der Waals surface area contributed by atoms with Crippen molar-refractivity contribution in [2.45, 2.75) is 39.0 Å². The molecule has 6 aromatic rings. The van der Waals surface area contributed by atoms with Gasteiger partial charge in [-0.25, -0.2) is 0 Å². The van der Waals surface area contributed by atoms with Gasteiger partial charge in [-0.1, -0.05) is 49.8 Å². The number of phenols is 3. The summed E-state index contributed by atoms with van der Waals surface area (Å²) in [6.45, 7) is 6.31. The van der Waals surface area contributed by atoms with Gasteiger partial charge in [-0.05, 0) is 66.1 Å². The summed E-state index contributed by atoms with van der Waals surface area (Å²) in [5.74, 6) is -2.52. The van der Waals surface area contributed by atoms with Gasteiger partial charge < -0.3 is 28.9 Å². The van der Waals surface area contributed by atoms with Crippen molar-refractivity contribution in [1.29, 1.82) is 0 Å². The smallest absolute Gasteiger partial charge is 0.202 e. The molecule has 0 spiro atoms. The molecule has 0 radical (unpaired) electrons. The molecular weight excluding hydrogens is 572 g/mol. The van der Waals surface area contributed by atoms with E-state index < -0.39 is 22.8 Å². The molecule has 2 aromatic heterocycles. The first-order valence-electron chi connectivity index (χ1n) is 14.9. The van der Waals surface area contributed by atoms with Gasteiger partial charge in [0.15, 0.2) is 22.7 Å². The molecule has 8 rings (SSSR count). The van der Waals surface area contributed by atoms with Gasteiger partial charge >= 0.3 is 0 Å². The third kappa shape index (κ3) is 3.53. The lowest BCUT2D eigenvalue weighted by molar-refractivity contribution is 0.173. The van der Waals surface area contributed by atoms with Crippen LogP contribution >= 0.6 is 0 Å². The van der Waals surface area contributed by atoms with Gasteiger partial charge in [0.25, 0.3) is 0 Å². The molecule has 0 unspecified atom stereocenters. The molecule has 3 N–H and O–H groups in total. The zero-order valence-electron chi connectivity index (χ0n) is 25.1. The second-order valence-corrected chi connectivity index (χ2v) is 13.0. The summed E-state index contributed by atoms with van der Waals surface area (Å²) in [6.07, 6.45) is 2.85. The number of ether oxygens (including phenoxy) is 1. The Morgan fingerprint density at radius 2 is 1.38 bits per heavy atom. The van der Waals surface area contributed by atoms with Crippen LogP contribution in [0.2, 0.25) is 0 Å². The maximum absolute atomic E-state index is 14.3. The van der Waals surface area contributed by atoms with Crippen LogP contribution in [0.15, 0.2) is 84.7 Å². The number of benzene rings is 4. The van der Waals surface area contributed by atoms with Crippen LogP contribution in [0.1, 0.15) is 55.7 Å². The van der Waals surface area contributed by atoms with Crippen molar-refractivity contribution in [2.75, 3.05) is 7.11 Å². The Labute approximate surface area is 256 Å². The van der Waals surface area contributed by atoms with E-state index in [1.54, 1.807) is 54.6 Å². The number of fused-ring (bicyclic) bond motifs is 8. The second kappa shape index (κ2) is 9.14. The van der Waals surface area contributed by atoms with Gasteiger partial charge in [0, 0.05) is 17.4 Å². The highest BCUT2D eigenvalue weighted by Crippen LogP contribution is 2.66. The molecule has 0 aliphatic heterocycles. The summed E-state index contributed by atoms with van der Waals surface area (Å²) < 4.78 is 17.9. The molecule has 0 bridgehead atoms. The Kier molecular flexibility index (Phi) is 5.55. The molecule has 2 heterocycles. The van der Waals surface area contributed by atoms with E-state index >= 15 is 0 Å². The summed E-state index contributed by atoms with van der Waals surface area (Å²) >= 11 is 0. The van der Waals surface area contributed by atoms with E-state index in [4.69, 9.17) is 13.6 Å². The fourth-order valence-corrected chi connectivity index (χ4v) is 8.32. The summed E-state index contributed by atoms with van der Waals surface area (Å²) in [7, 11) is 1.42. The van der Waals surface area contributed by atoms with Gasteiger partial charge in [0.2, 0.25) is 22.4 Å². The average molecular weight is 603 g/mol. The number of para-hydroxylation sites is 2. The van der Waals surface area contributed by atoms with E-state index in [0.717, 1.165) is 12.0 Å². The van der Waals surface area contributed by atoms with Crippen LogP contribution in [0.4, 0.5) is 0 Å². The SMILES string of the molecule is COc1cc([C@H]2c3c(O)c(O)c4oc5ccccc5c(=O)c4c3[C@@H]3C=C(C)CC(C)(C)[C@H]23)c2c(=O)c3ccccc3oc2c1O. The minimum absolute atomic E-state index is 0.0339. The van der Waals surface area contributed by atoms with Gasteiger partial charge in [-0.3, -0.25) is 9.59 Å². The minimum atomic E-state index is -0.702. The Morgan fingerprint density at radius 3 is 2.00 bits per heavy atom. The van der Waals surface area contributed by atoms with Crippen molar-refractivity contribution in [2.24, 2.45) is 11.3 Å². The third-order valence-corrected chi connectivity index (χ3v) is 9.92. The largest absolute Gasteiger partial charge is 0.504 e. The molecule has 0 saturated carbocycles. The van der Waals surface area contributed by atoms with Crippen LogP contribution in [0, 0.1) is 11.3 Å². The van der Waals surface area contributed by atoms with Crippen molar-refractivity contribution in [3.8, 4) is 23.0 Å². The van der Waals surface area contributed by atoms with E-state index in [9.17, 15) is 24.9 Å². The number of allylic oxidation sites excluding steroid dienone is 2. The van der Waals surface area contributed by atoms with E-state index in [1.165, 1.54) is 7.11 Å². The Balaban J connectivity index is 1.59. The molecule has 2 aliphatic rings. The van der Waals surface area contributed by atoms with Gasteiger partial charge in [0.05, 0.1) is 28.7 Å². The van der Waals surface area contributed by atoms with E-state index in [2.05, 4.69) is 19.9 Å². The monoisotopic (exact) mass is 602 g/mol. The molecule has 0 amide bonds. The Bertz CT molecular complexity index is 2430. The van der Waals surface area contributed by atoms with Crippen LogP contribution in [-0.4, -0.2) is 22.4 Å². The van der Waals surface area contributed by atoms with E-state index in [0.29, 0.717) is 38.6 Å². The molecule has 0 saturated heterocycles. The Morgan fingerprint density at radius 1 is 0.800 bits per heavy atom. The van der Waals surface area contributed by atoms with Crippen LogP contribution in [0.5, 0.6) is 23.0 Å². The summed E-state index contributed by atoms with van der Waals surface area (Å²) in [5.41, 5.74) is 1.93. The maximum atomic E-state index is 14.3. The first kappa shape index (κ1) is 27.3. The van der Waals surface area contributed by atoms with Crippen molar-refractivity contribution >= 4 is 43.9 Å². The standard InChI is InChI=1S/C37H30O8/c1-16-13-20-24-27(33(41)34(42)36-28(24)31(39)18-10-6-8-12-22(18)45-36)25(29(20)37(2,3)15-16)19-14-23(43-4)32(40)35-26(19)30(38)17-9-5-7-11-21(17)44-35/h5-14,20,25,29,40-42H,15H2,1-4H3/t20-,25-,29-/m0/s1. The number of methoxy groups -OCH3 is 1. The highest BCUT2D eigenvalue weighted by Gasteiger charge is 2.53.